The second kappa shape index (κ2) is 10.5. The predicted octanol–water partition coefficient (Wildman–Crippen LogP) is 6.05. The maximum Gasteiger partial charge on any atom is 0.257 e. The van der Waals surface area contributed by atoms with Crippen molar-refractivity contribution in [1.29, 1.82) is 5.26 Å². The van der Waals surface area contributed by atoms with Crippen molar-refractivity contribution in [2.45, 2.75) is 23.8 Å². The number of fused-ring (bicyclic) bond motifs is 1. The summed E-state index contributed by atoms with van der Waals surface area (Å²) in [4.78, 5) is 17.4. The van der Waals surface area contributed by atoms with Gasteiger partial charge in [-0.2, -0.15) is 5.26 Å². The van der Waals surface area contributed by atoms with Crippen LogP contribution in [-0.4, -0.2) is 17.5 Å². The number of rotatable bonds is 9. The summed E-state index contributed by atoms with van der Waals surface area (Å²) < 4.78 is 11.4. The molecule has 0 fully saturated rings. The van der Waals surface area contributed by atoms with Gasteiger partial charge in [0.15, 0.2) is 5.58 Å². The average Bonchev–Trinajstić information content (AvgIpc) is 3.24. The number of hydrogen-bond acceptors (Lipinski definition) is 6. The Bertz CT molecular complexity index is 1230. The summed E-state index contributed by atoms with van der Waals surface area (Å²) in [7, 11) is 0. The molecular formula is C25H21N3O3S. The van der Waals surface area contributed by atoms with Gasteiger partial charge in [0.25, 0.3) is 11.1 Å². The molecule has 0 atom stereocenters. The summed E-state index contributed by atoms with van der Waals surface area (Å²) >= 11 is 1.45. The molecular weight excluding hydrogens is 422 g/mol. The number of ether oxygens (including phenoxy) is 1. The molecule has 1 N–H and O–H groups in total. The number of amides is 1. The Hall–Kier alpha value is -3.76. The number of carbonyl (C=O) groups is 1. The van der Waals surface area contributed by atoms with Crippen LogP contribution in [0.5, 0.6) is 5.75 Å². The molecule has 0 radical (unpaired) electrons. The average molecular weight is 444 g/mol. The molecule has 1 aromatic heterocycles. The predicted molar refractivity (Wildman–Crippen MR) is 125 cm³/mol. The fourth-order valence-electron chi connectivity index (χ4n) is 3.12. The van der Waals surface area contributed by atoms with Crippen molar-refractivity contribution in [2.24, 2.45) is 0 Å². The number of oxazole rings is 1. The highest BCUT2D eigenvalue weighted by Gasteiger charge is 2.13. The van der Waals surface area contributed by atoms with Crippen LogP contribution in [0.15, 0.2) is 82.4 Å². The third-order valence-electron chi connectivity index (χ3n) is 4.68. The second-order valence-corrected chi connectivity index (χ2v) is 7.91. The number of thioether (sulfide) groups is 1. The van der Waals surface area contributed by atoms with E-state index in [0.717, 1.165) is 16.7 Å². The molecule has 0 bridgehead atoms. The Labute approximate surface area is 190 Å². The van der Waals surface area contributed by atoms with Gasteiger partial charge in [0.05, 0.1) is 12.7 Å². The van der Waals surface area contributed by atoms with E-state index in [0.29, 0.717) is 47.4 Å². The van der Waals surface area contributed by atoms with E-state index in [1.165, 1.54) is 11.8 Å². The van der Waals surface area contributed by atoms with E-state index in [1.807, 2.05) is 60.7 Å². The molecule has 7 heteroatoms. The minimum Gasteiger partial charge on any atom is -0.493 e. The molecule has 6 nitrogen and oxygen atoms in total. The molecule has 4 rings (SSSR count). The van der Waals surface area contributed by atoms with Crippen LogP contribution in [0.3, 0.4) is 0 Å². The highest BCUT2D eigenvalue weighted by molar-refractivity contribution is 7.98. The van der Waals surface area contributed by atoms with E-state index >= 15 is 0 Å². The topological polar surface area (TPSA) is 88.1 Å². The molecule has 0 unspecified atom stereocenters. The van der Waals surface area contributed by atoms with E-state index in [1.54, 1.807) is 12.1 Å². The zero-order chi connectivity index (χ0) is 22.2. The number of anilines is 1. The van der Waals surface area contributed by atoms with E-state index in [2.05, 4.69) is 16.4 Å². The molecule has 0 aliphatic rings. The molecule has 0 aliphatic heterocycles. The molecule has 0 spiro atoms. The van der Waals surface area contributed by atoms with Crippen LogP contribution in [0, 0.1) is 11.3 Å². The van der Waals surface area contributed by atoms with Gasteiger partial charge in [0.1, 0.15) is 11.3 Å². The monoisotopic (exact) mass is 443 g/mol. The number of benzene rings is 3. The molecule has 0 saturated heterocycles. The SMILES string of the molecule is N#CCCCOc1cccc(NC(=O)c2ccccc2CSc2nc3ccccc3o2)c1. The lowest BCUT2D eigenvalue weighted by Crippen LogP contribution is -2.14. The normalized spacial score (nSPS) is 10.6. The lowest BCUT2D eigenvalue weighted by Gasteiger charge is -2.11. The van der Waals surface area contributed by atoms with E-state index in [9.17, 15) is 4.79 Å². The van der Waals surface area contributed by atoms with E-state index < -0.39 is 0 Å². The Balaban J connectivity index is 1.41. The van der Waals surface area contributed by atoms with Crippen LogP contribution in [0.2, 0.25) is 0 Å². The Kier molecular flexibility index (Phi) is 7.05. The van der Waals surface area contributed by atoms with Crippen LogP contribution >= 0.6 is 11.8 Å². The van der Waals surface area contributed by atoms with Crippen LogP contribution in [0.4, 0.5) is 5.69 Å². The number of aromatic nitrogens is 1. The van der Waals surface area contributed by atoms with Gasteiger partial charge in [-0.3, -0.25) is 4.79 Å². The fraction of sp³-hybridized carbons (Fsp3) is 0.160. The molecule has 4 aromatic rings. The molecule has 3 aromatic carbocycles. The molecule has 0 saturated carbocycles. The number of nitrogens with one attached hydrogen (secondary N) is 1. The molecule has 1 amide bonds. The number of nitriles is 1. The standard InChI is InChI=1S/C25H21N3O3S/c26-14-5-6-15-30-20-10-7-9-19(16-20)27-24(29)21-11-2-1-8-18(21)17-32-25-28-22-12-3-4-13-23(22)31-25/h1-4,7-13,16H,5-6,15,17H2,(H,27,29). The third kappa shape index (κ3) is 5.48. The van der Waals surface area contributed by atoms with Crippen LogP contribution < -0.4 is 10.1 Å². The summed E-state index contributed by atoms with van der Waals surface area (Å²) in [6, 6.07) is 24.5. The Morgan fingerprint density at radius 1 is 1.09 bits per heavy atom. The van der Waals surface area contributed by atoms with Crippen molar-refractivity contribution in [3.8, 4) is 11.8 Å². The summed E-state index contributed by atoms with van der Waals surface area (Å²) in [5, 5.41) is 12.1. The van der Waals surface area contributed by atoms with Gasteiger partial charge in [0, 0.05) is 29.5 Å². The third-order valence-corrected chi connectivity index (χ3v) is 5.56. The van der Waals surface area contributed by atoms with E-state index in [4.69, 9.17) is 14.4 Å². The Morgan fingerprint density at radius 3 is 2.81 bits per heavy atom. The first-order valence-electron chi connectivity index (χ1n) is 10.2. The maximum atomic E-state index is 13.0. The molecule has 1 heterocycles. The summed E-state index contributed by atoms with van der Waals surface area (Å²) in [6.45, 7) is 0.459. The number of carbonyl (C=O) groups excluding carboxylic acids is 1. The van der Waals surface area contributed by atoms with Gasteiger partial charge in [-0.1, -0.05) is 48.2 Å². The number of para-hydroxylation sites is 2. The summed E-state index contributed by atoms with van der Waals surface area (Å²) in [6.07, 6.45) is 1.12. The van der Waals surface area contributed by atoms with Gasteiger partial charge in [0.2, 0.25) is 0 Å². The van der Waals surface area contributed by atoms with Crippen molar-refractivity contribution in [3.05, 3.63) is 83.9 Å². The summed E-state index contributed by atoms with van der Waals surface area (Å²) in [5.74, 6) is 1.01. The fourth-order valence-corrected chi connectivity index (χ4v) is 3.97. The highest BCUT2D eigenvalue weighted by atomic mass is 32.2. The zero-order valence-corrected chi connectivity index (χ0v) is 18.1. The van der Waals surface area contributed by atoms with Crippen LogP contribution in [0.25, 0.3) is 11.1 Å². The van der Waals surface area contributed by atoms with Gasteiger partial charge in [-0.15, -0.1) is 0 Å². The van der Waals surface area contributed by atoms with Gasteiger partial charge >= 0.3 is 0 Å². The number of hydrogen-bond donors (Lipinski definition) is 1. The van der Waals surface area contributed by atoms with Crippen LogP contribution in [0.1, 0.15) is 28.8 Å². The van der Waals surface area contributed by atoms with Gasteiger partial charge in [-0.25, -0.2) is 4.98 Å². The quantitative estimate of drug-likeness (QED) is 0.250. The smallest absolute Gasteiger partial charge is 0.257 e. The molecule has 160 valence electrons. The molecule has 32 heavy (non-hydrogen) atoms. The van der Waals surface area contributed by atoms with Crippen molar-refractivity contribution in [3.63, 3.8) is 0 Å². The minimum absolute atomic E-state index is 0.194. The van der Waals surface area contributed by atoms with Crippen molar-refractivity contribution >= 4 is 34.5 Å². The lowest BCUT2D eigenvalue weighted by atomic mass is 10.1. The highest BCUT2D eigenvalue weighted by Crippen LogP contribution is 2.28. The summed E-state index contributed by atoms with van der Waals surface area (Å²) in [5.41, 5.74) is 3.69. The zero-order valence-electron chi connectivity index (χ0n) is 17.3. The first kappa shape index (κ1) is 21.5. The first-order valence-corrected chi connectivity index (χ1v) is 11.2. The van der Waals surface area contributed by atoms with Gasteiger partial charge < -0.3 is 14.5 Å². The van der Waals surface area contributed by atoms with Crippen molar-refractivity contribution < 1.29 is 13.9 Å². The number of nitrogens with zero attached hydrogens (tertiary/aromatic N) is 2. The largest absolute Gasteiger partial charge is 0.493 e. The Morgan fingerprint density at radius 2 is 1.94 bits per heavy atom. The van der Waals surface area contributed by atoms with Crippen molar-refractivity contribution in [1.82, 2.24) is 4.98 Å². The van der Waals surface area contributed by atoms with Crippen LogP contribution in [-0.2, 0) is 5.75 Å². The van der Waals surface area contributed by atoms with Crippen molar-refractivity contribution in [2.75, 3.05) is 11.9 Å². The molecule has 0 aliphatic carbocycles. The maximum absolute atomic E-state index is 13.0. The van der Waals surface area contributed by atoms with Gasteiger partial charge in [-0.05, 0) is 42.3 Å². The number of unbranched alkanes of at least 4 members (excludes halogenated alkanes) is 1. The van der Waals surface area contributed by atoms with E-state index in [-0.39, 0.29) is 5.91 Å². The lowest BCUT2D eigenvalue weighted by molar-refractivity contribution is 0.102. The first-order chi connectivity index (χ1) is 15.7. The minimum atomic E-state index is -0.194. The second-order valence-electron chi connectivity index (χ2n) is 6.99.